The van der Waals surface area contributed by atoms with Gasteiger partial charge >= 0.3 is 6.09 Å². The summed E-state index contributed by atoms with van der Waals surface area (Å²) in [5.74, 6) is 0.102. The Bertz CT molecular complexity index is 742. The van der Waals surface area contributed by atoms with Crippen LogP contribution < -0.4 is 10.2 Å². The van der Waals surface area contributed by atoms with Crippen molar-refractivity contribution < 1.29 is 19.4 Å². The molecule has 4 rings (SSSR count). The van der Waals surface area contributed by atoms with Crippen LogP contribution in [0.3, 0.4) is 0 Å². The summed E-state index contributed by atoms with van der Waals surface area (Å²) in [6.45, 7) is 4.73. The standard InChI is InChI=1S/C20H28N4O4/c1-21-20(27)28-18-5-3-14-2-4-15(10-17(14)18)23-8-6-22(7-9-23)13-19(26)24-11-16(25)12-24/h2,4,10,16,18,25H,3,5-9,11-13H2,1H3,(H,21,27). The van der Waals surface area contributed by atoms with Gasteiger partial charge in [0.25, 0.3) is 0 Å². The van der Waals surface area contributed by atoms with Gasteiger partial charge in [-0.05, 0) is 36.1 Å². The number of nitrogens with one attached hydrogen (secondary N) is 1. The number of benzene rings is 1. The predicted octanol–water partition coefficient (Wildman–Crippen LogP) is 0.355. The first-order valence-corrected chi connectivity index (χ1v) is 9.98. The highest BCUT2D eigenvalue weighted by molar-refractivity contribution is 5.79. The maximum Gasteiger partial charge on any atom is 0.407 e. The average molecular weight is 388 g/mol. The molecule has 1 unspecified atom stereocenters. The number of β-amino-alcohol motifs (C(OH)–C–C–N with tert-alkyl or cyclic N) is 1. The van der Waals surface area contributed by atoms with E-state index in [-0.39, 0.29) is 18.1 Å². The fourth-order valence-electron chi connectivity index (χ4n) is 4.17. The molecule has 2 amide bonds. The molecular weight excluding hydrogens is 360 g/mol. The summed E-state index contributed by atoms with van der Waals surface area (Å²) < 4.78 is 5.50. The Morgan fingerprint density at radius 2 is 1.96 bits per heavy atom. The number of piperazine rings is 1. The zero-order chi connectivity index (χ0) is 19.7. The number of carbonyl (C=O) groups is 2. The Balaban J connectivity index is 1.33. The minimum atomic E-state index is -0.392. The molecule has 0 radical (unpaired) electrons. The zero-order valence-corrected chi connectivity index (χ0v) is 16.3. The number of hydrogen-bond donors (Lipinski definition) is 2. The molecule has 8 nitrogen and oxygen atoms in total. The van der Waals surface area contributed by atoms with Crippen LogP contribution in [0.5, 0.6) is 0 Å². The molecule has 1 aromatic carbocycles. The Morgan fingerprint density at radius 3 is 2.64 bits per heavy atom. The molecule has 2 aliphatic heterocycles. The van der Waals surface area contributed by atoms with Crippen molar-refractivity contribution in [3.8, 4) is 0 Å². The summed E-state index contributed by atoms with van der Waals surface area (Å²) in [5, 5.41) is 11.9. The van der Waals surface area contributed by atoms with E-state index < -0.39 is 6.09 Å². The van der Waals surface area contributed by atoms with E-state index in [4.69, 9.17) is 4.74 Å². The summed E-state index contributed by atoms with van der Waals surface area (Å²) in [5.41, 5.74) is 3.50. The zero-order valence-electron chi connectivity index (χ0n) is 16.3. The molecule has 8 heteroatoms. The highest BCUT2D eigenvalue weighted by Crippen LogP contribution is 2.36. The number of hydrogen-bond acceptors (Lipinski definition) is 6. The Hall–Kier alpha value is -2.32. The molecule has 2 fully saturated rings. The van der Waals surface area contributed by atoms with Crippen LogP contribution in [0.4, 0.5) is 10.5 Å². The van der Waals surface area contributed by atoms with E-state index in [2.05, 4.69) is 33.3 Å². The molecule has 1 atom stereocenters. The SMILES string of the molecule is CNC(=O)OC1CCc2ccc(N3CCN(CC(=O)N4CC(O)C4)CC3)cc21. The van der Waals surface area contributed by atoms with Crippen LogP contribution in [-0.2, 0) is 16.0 Å². The second-order valence-electron chi connectivity index (χ2n) is 7.78. The van der Waals surface area contributed by atoms with Crippen molar-refractivity contribution in [2.24, 2.45) is 0 Å². The minimum absolute atomic E-state index is 0.102. The molecule has 152 valence electrons. The Kier molecular flexibility index (Phi) is 5.41. The quantitative estimate of drug-likeness (QED) is 0.775. The maximum absolute atomic E-state index is 12.2. The van der Waals surface area contributed by atoms with Crippen molar-refractivity contribution in [2.45, 2.75) is 25.0 Å². The summed E-state index contributed by atoms with van der Waals surface area (Å²) in [7, 11) is 1.57. The van der Waals surface area contributed by atoms with E-state index in [0.717, 1.165) is 50.3 Å². The molecule has 2 saturated heterocycles. The molecule has 0 saturated carbocycles. The van der Waals surface area contributed by atoms with Crippen LogP contribution in [0.1, 0.15) is 23.7 Å². The second kappa shape index (κ2) is 7.97. The molecule has 0 bridgehead atoms. The molecule has 28 heavy (non-hydrogen) atoms. The monoisotopic (exact) mass is 388 g/mol. The van der Waals surface area contributed by atoms with Gasteiger partial charge < -0.3 is 25.0 Å². The highest BCUT2D eigenvalue weighted by Gasteiger charge is 2.31. The number of aliphatic hydroxyl groups is 1. The fraction of sp³-hybridized carbons (Fsp3) is 0.600. The van der Waals surface area contributed by atoms with Crippen LogP contribution in [0.25, 0.3) is 0 Å². The number of anilines is 1. The van der Waals surface area contributed by atoms with Gasteiger partial charge in [-0.25, -0.2) is 4.79 Å². The number of amides is 2. The summed E-state index contributed by atoms with van der Waals surface area (Å²) >= 11 is 0. The summed E-state index contributed by atoms with van der Waals surface area (Å²) in [4.78, 5) is 30.0. The second-order valence-corrected chi connectivity index (χ2v) is 7.78. The van der Waals surface area contributed by atoms with E-state index in [1.165, 1.54) is 5.56 Å². The predicted molar refractivity (Wildman–Crippen MR) is 104 cm³/mol. The van der Waals surface area contributed by atoms with Crippen molar-refractivity contribution in [3.05, 3.63) is 29.3 Å². The minimum Gasteiger partial charge on any atom is -0.441 e. The lowest BCUT2D eigenvalue weighted by Crippen LogP contribution is -2.57. The van der Waals surface area contributed by atoms with Gasteiger partial charge in [0.1, 0.15) is 6.10 Å². The number of likely N-dealkylation sites (tertiary alicyclic amines) is 1. The van der Waals surface area contributed by atoms with Gasteiger partial charge in [0, 0.05) is 52.0 Å². The first-order chi connectivity index (χ1) is 13.5. The van der Waals surface area contributed by atoms with Gasteiger partial charge in [-0.3, -0.25) is 9.69 Å². The van der Waals surface area contributed by atoms with Gasteiger partial charge in [0.2, 0.25) is 5.91 Å². The van der Waals surface area contributed by atoms with Gasteiger partial charge in [-0.15, -0.1) is 0 Å². The van der Waals surface area contributed by atoms with Gasteiger partial charge in [0.05, 0.1) is 12.6 Å². The third-order valence-electron chi connectivity index (χ3n) is 5.92. The van der Waals surface area contributed by atoms with E-state index in [0.29, 0.717) is 19.6 Å². The molecular formula is C20H28N4O4. The lowest BCUT2D eigenvalue weighted by atomic mass is 10.1. The fourth-order valence-corrected chi connectivity index (χ4v) is 4.17. The average Bonchev–Trinajstić information content (AvgIpc) is 3.08. The first-order valence-electron chi connectivity index (χ1n) is 9.98. The lowest BCUT2D eigenvalue weighted by Gasteiger charge is -2.40. The molecule has 0 aromatic heterocycles. The number of alkyl carbamates (subject to hydrolysis) is 1. The summed E-state index contributed by atoms with van der Waals surface area (Å²) in [6, 6.07) is 6.44. The van der Waals surface area contributed by atoms with Crippen LogP contribution in [0.15, 0.2) is 18.2 Å². The lowest BCUT2D eigenvalue weighted by molar-refractivity contribution is -0.142. The number of aryl methyl sites for hydroxylation is 1. The van der Waals surface area contributed by atoms with Crippen LogP contribution >= 0.6 is 0 Å². The third kappa shape index (κ3) is 3.93. The number of fused-ring (bicyclic) bond motifs is 1. The van der Waals surface area contributed by atoms with E-state index >= 15 is 0 Å². The van der Waals surface area contributed by atoms with Gasteiger partial charge in [-0.2, -0.15) is 0 Å². The topological polar surface area (TPSA) is 85.4 Å². The van der Waals surface area contributed by atoms with Crippen molar-refractivity contribution >= 4 is 17.7 Å². The van der Waals surface area contributed by atoms with Crippen LogP contribution in [0.2, 0.25) is 0 Å². The first kappa shape index (κ1) is 19.0. The number of nitrogens with zero attached hydrogens (tertiary/aromatic N) is 3. The van der Waals surface area contributed by atoms with E-state index in [1.54, 1.807) is 11.9 Å². The largest absolute Gasteiger partial charge is 0.441 e. The number of rotatable bonds is 4. The van der Waals surface area contributed by atoms with Crippen molar-refractivity contribution in [2.75, 3.05) is 57.8 Å². The van der Waals surface area contributed by atoms with Crippen LogP contribution in [-0.4, -0.2) is 85.9 Å². The van der Waals surface area contributed by atoms with Gasteiger partial charge in [-0.1, -0.05) is 6.07 Å². The molecule has 3 aliphatic rings. The van der Waals surface area contributed by atoms with E-state index in [1.807, 2.05) is 0 Å². The molecule has 1 aromatic rings. The summed E-state index contributed by atoms with van der Waals surface area (Å²) in [6.07, 6.45) is 0.833. The molecule has 1 aliphatic carbocycles. The third-order valence-corrected chi connectivity index (χ3v) is 5.92. The van der Waals surface area contributed by atoms with Gasteiger partial charge in [0.15, 0.2) is 0 Å². The van der Waals surface area contributed by atoms with Crippen LogP contribution in [0, 0.1) is 0 Å². The maximum atomic E-state index is 12.2. The van der Waals surface area contributed by atoms with Crippen molar-refractivity contribution in [1.82, 2.24) is 15.1 Å². The Morgan fingerprint density at radius 1 is 1.21 bits per heavy atom. The van der Waals surface area contributed by atoms with Crippen molar-refractivity contribution in [3.63, 3.8) is 0 Å². The Labute approximate surface area is 165 Å². The smallest absolute Gasteiger partial charge is 0.407 e. The molecule has 0 spiro atoms. The number of aliphatic hydroxyl groups excluding tert-OH is 1. The van der Waals surface area contributed by atoms with Crippen molar-refractivity contribution in [1.29, 1.82) is 0 Å². The highest BCUT2D eigenvalue weighted by atomic mass is 16.6. The number of ether oxygens (including phenoxy) is 1. The molecule has 2 N–H and O–H groups in total. The molecule has 2 heterocycles. The normalized spacial score (nSPS) is 22.6. The van der Waals surface area contributed by atoms with E-state index in [9.17, 15) is 14.7 Å². The number of carbonyl (C=O) groups excluding carboxylic acids is 2.